The van der Waals surface area contributed by atoms with Crippen LogP contribution in [0.3, 0.4) is 0 Å². The van der Waals surface area contributed by atoms with Gasteiger partial charge in [0.25, 0.3) is 0 Å². The Hall–Kier alpha value is -2.94. The molecule has 2 amide bonds. The molecule has 1 aromatic rings. The lowest BCUT2D eigenvalue weighted by atomic mass is 10.2. The van der Waals surface area contributed by atoms with E-state index in [0.29, 0.717) is 18.8 Å². The predicted molar refractivity (Wildman–Crippen MR) is 97.9 cm³/mol. The Balaban J connectivity index is 2.25. The van der Waals surface area contributed by atoms with Crippen LogP contribution in [0, 0.1) is 0 Å². The van der Waals surface area contributed by atoms with Crippen LogP contribution in [-0.2, 0) is 30.5 Å². The number of carbonyl (C=O) groups excluding carboxylic acids is 3. The smallest absolute Gasteiger partial charge is 0.306 e. The molecule has 1 aromatic carbocycles. The summed E-state index contributed by atoms with van der Waals surface area (Å²) in [4.78, 5) is 44.7. The molecule has 0 saturated heterocycles. The normalized spacial score (nSPS) is 10.1. The average molecular weight is 379 g/mol. The highest BCUT2D eigenvalue weighted by atomic mass is 16.5. The van der Waals surface area contributed by atoms with Gasteiger partial charge in [0.2, 0.25) is 11.8 Å². The molecule has 9 nitrogen and oxygen atoms in total. The molecule has 0 unspecified atom stereocenters. The topological polar surface area (TPSA) is 134 Å². The van der Waals surface area contributed by atoms with E-state index in [2.05, 4.69) is 20.7 Å². The Labute approximate surface area is 157 Å². The zero-order valence-electron chi connectivity index (χ0n) is 15.2. The Morgan fingerprint density at radius 2 is 1.59 bits per heavy atom. The highest BCUT2D eigenvalue weighted by molar-refractivity contribution is 5.90. The van der Waals surface area contributed by atoms with Crippen LogP contribution >= 0.6 is 0 Å². The molecular formula is C18H25N3O6. The number of carbonyl (C=O) groups is 4. The summed E-state index contributed by atoms with van der Waals surface area (Å²) in [6, 6.07) is 6.98. The van der Waals surface area contributed by atoms with E-state index in [1.54, 1.807) is 24.3 Å². The Morgan fingerprint density at radius 1 is 0.926 bits per heavy atom. The van der Waals surface area contributed by atoms with Crippen molar-refractivity contribution < 1.29 is 29.0 Å². The monoisotopic (exact) mass is 379 g/mol. The van der Waals surface area contributed by atoms with Gasteiger partial charge in [-0.25, -0.2) is 0 Å². The SMILES string of the molecule is COC(=O)CCNCCC(=O)Nc1ccc(CNC(=O)CCC(=O)O)cc1. The van der Waals surface area contributed by atoms with E-state index >= 15 is 0 Å². The fraction of sp³-hybridized carbons (Fsp3) is 0.444. The first-order chi connectivity index (χ1) is 12.9. The van der Waals surface area contributed by atoms with Crippen LogP contribution in [0.15, 0.2) is 24.3 Å². The fourth-order valence-electron chi connectivity index (χ4n) is 2.06. The quantitative estimate of drug-likeness (QED) is 0.309. The number of rotatable bonds is 12. The van der Waals surface area contributed by atoms with E-state index in [4.69, 9.17) is 5.11 Å². The van der Waals surface area contributed by atoms with Gasteiger partial charge < -0.3 is 25.8 Å². The summed E-state index contributed by atoms with van der Waals surface area (Å²) >= 11 is 0. The molecule has 4 N–H and O–H groups in total. The fourth-order valence-corrected chi connectivity index (χ4v) is 2.06. The molecule has 0 aliphatic carbocycles. The van der Waals surface area contributed by atoms with Gasteiger partial charge in [0.15, 0.2) is 0 Å². The van der Waals surface area contributed by atoms with Gasteiger partial charge in [0.1, 0.15) is 0 Å². The highest BCUT2D eigenvalue weighted by Gasteiger charge is 2.06. The zero-order valence-corrected chi connectivity index (χ0v) is 15.2. The van der Waals surface area contributed by atoms with E-state index in [-0.39, 0.29) is 50.0 Å². The number of ether oxygens (including phenoxy) is 1. The van der Waals surface area contributed by atoms with Crippen molar-refractivity contribution in [3.63, 3.8) is 0 Å². The van der Waals surface area contributed by atoms with Gasteiger partial charge in [-0.1, -0.05) is 12.1 Å². The maximum atomic E-state index is 11.8. The Morgan fingerprint density at radius 3 is 2.22 bits per heavy atom. The van der Waals surface area contributed by atoms with Gasteiger partial charge in [0.05, 0.1) is 20.0 Å². The van der Waals surface area contributed by atoms with Gasteiger partial charge in [0, 0.05) is 38.2 Å². The summed E-state index contributed by atoms with van der Waals surface area (Å²) in [6.45, 7) is 1.19. The van der Waals surface area contributed by atoms with Crippen molar-refractivity contribution in [3.8, 4) is 0 Å². The van der Waals surface area contributed by atoms with Crippen molar-refractivity contribution in [3.05, 3.63) is 29.8 Å². The van der Waals surface area contributed by atoms with E-state index < -0.39 is 5.97 Å². The lowest BCUT2D eigenvalue weighted by Gasteiger charge is -2.08. The van der Waals surface area contributed by atoms with Gasteiger partial charge in [-0.2, -0.15) is 0 Å². The minimum absolute atomic E-state index is 0.0584. The first-order valence-electron chi connectivity index (χ1n) is 8.55. The third kappa shape index (κ3) is 10.6. The number of aliphatic carboxylic acids is 1. The summed E-state index contributed by atoms with van der Waals surface area (Å²) in [5.41, 5.74) is 1.47. The third-order valence-electron chi connectivity index (χ3n) is 3.56. The van der Waals surface area contributed by atoms with Crippen molar-refractivity contribution in [1.82, 2.24) is 10.6 Å². The highest BCUT2D eigenvalue weighted by Crippen LogP contribution is 2.10. The minimum atomic E-state index is -1.01. The molecule has 0 radical (unpaired) electrons. The molecule has 0 atom stereocenters. The zero-order chi connectivity index (χ0) is 20.1. The summed E-state index contributed by atoms with van der Waals surface area (Å²) in [6.07, 6.45) is 0.264. The van der Waals surface area contributed by atoms with Crippen molar-refractivity contribution in [2.45, 2.75) is 32.2 Å². The number of hydrogen-bond donors (Lipinski definition) is 4. The third-order valence-corrected chi connectivity index (χ3v) is 3.56. The van der Waals surface area contributed by atoms with Gasteiger partial charge >= 0.3 is 11.9 Å². The molecule has 9 heteroatoms. The van der Waals surface area contributed by atoms with Crippen LogP contribution in [0.5, 0.6) is 0 Å². The molecule has 0 saturated carbocycles. The summed E-state index contributed by atoms with van der Waals surface area (Å²) in [5.74, 6) is -1.79. The van der Waals surface area contributed by atoms with Crippen LogP contribution in [0.25, 0.3) is 0 Å². The lowest BCUT2D eigenvalue weighted by molar-refractivity contribution is -0.140. The molecule has 0 aliphatic rings. The Kier molecular flexibility index (Phi) is 10.2. The van der Waals surface area contributed by atoms with Crippen LogP contribution in [0.1, 0.15) is 31.2 Å². The van der Waals surface area contributed by atoms with Gasteiger partial charge in [-0.05, 0) is 17.7 Å². The van der Waals surface area contributed by atoms with Crippen molar-refractivity contribution in [1.29, 1.82) is 0 Å². The molecule has 0 bridgehead atoms. The average Bonchev–Trinajstić information content (AvgIpc) is 2.65. The number of anilines is 1. The van der Waals surface area contributed by atoms with E-state index in [9.17, 15) is 19.2 Å². The van der Waals surface area contributed by atoms with Crippen LogP contribution in [-0.4, -0.2) is 49.1 Å². The molecule has 0 fully saturated rings. The van der Waals surface area contributed by atoms with E-state index in [1.165, 1.54) is 7.11 Å². The number of carboxylic acids is 1. The van der Waals surface area contributed by atoms with Crippen molar-refractivity contribution in [2.24, 2.45) is 0 Å². The van der Waals surface area contributed by atoms with E-state index in [1.807, 2.05) is 0 Å². The standard InChI is InChI=1S/C18H25N3O6/c1-27-18(26)9-11-19-10-8-16(23)21-14-4-2-13(3-5-14)12-20-15(22)6-7-17(24)25/h2-5,19H,6-12H2,1H3,(H,20,22)(H,21,23)(H,24,25). The Bertz CT molecular complexity index is 645. The molecule has 0 heterocycles. The number of methoxy groups -OCH3 is 1. The molecule has 0 aliphatic heterocycles. The second kappa shape index (κ2) is 12.4. The predicted octanol–water partition coefficient (Wildman–Crippen LogP) is 0.649. The molecule has 0 aromatic heterocycles. The van der Waals surface area contributed by atoms with Gasteiger partial charge in [-0.3, -0.25) is 19.2 Å². The van der Waals surface area contributed by atoms with Crippen LogP contribution in [0.4, 0.5) is 5.69 Å². The van der Waals surface area contributed by atoms with Crippen molar-refractivity contribution >= 4 is 29.4 Å². The number of amides is 2. The number of hydrogen-bond acceptors (Lipinski definition) is 6. The van der Waals surface area contributed by atoms with Gasteiger partial charge in [-0.15, -0.1) is 0 Å². The molecular weight excluding hydrogens is 354 g/mol. The second-order valence-corrected chi connectivity index (χ2v) is 5.74. The molecule has 148 valence electrons. The first-order valence-corrected chi connectivity index (χ1v) is 8.55. The summed E-state index contributed by atoms with van der Waals surface area (Å²) in [5, 5.41) is 16.9. The maximum absolute atomic E-state index is 11.8. The lowest BCUT2D eigenvalue weighted by Crippen LogP contribution is -2.24. The number of benzene rings is 1. The summed E-state index contributed by atoms with van der Waals surface area (Å²) < 4.78 is 4.51. The molecule has 1 rings (SSSR count). The molecule has 0 spiro atoms. The van der Waals surface area contributed by atoms with Crippen LogP contribution < -0.4 is 16.0 Å². The molecule has 27 heavy (non-hydrogen) atoms. The van der Waals surface area contributed by atoms with Crippen LogP contribution in [0.2, 0.25) is 0 Å². The minimum Gasteiger partial charge on any atom is -0.481 e. The first kappa shape index (κ1) is 22.1. The maximum Gasteiger partial charge on any atom is 0.306 e. The number of esters is 1. The second-order valence-electron chi connectivity index (χ2n) is 5.74. The van der Waals surface area contributed by atoms with E-state index in [0.717, 1.165) is 5.56 Å². The largest absolute Gasteiger partial charge is 0.481 e. The van der Waals surface area contributed by atoms with Crippen molar-refractivity contribution in [2.75, 3.05) is 25.5 Å². The number of carboxylic acid groups (broad SMARTS) is 1. The number of nitrogens with one attached hydrogen (secondary N) is 3. The summed E-state index contributed by atoms with van der Waals surface area (Å²) in [7, 11) is 1.33.